The van der Waals surface area contributed by atoms with Gasteiger partial charge in [-0.3, -0.25) is 0 Å². The van der Waals surface area contributed by atoms with Crippen LogP contribution in [0.25, 0.3) is 11.4 Å². The smallest absolute Gasteiger partial charge is 0.236 e. The summed E-state index contributed by atoms with van der Waals surface area (Å²) in [5.41, 5.74) is -0.280. The van der Waals surface area contributed by atoms with Crippen LogP contribution in [0.4, 0.5) is 13.2 Å². The molecule has 0 atom stereocenters. The van der Waals surface area contributed by atoms with E-state index in [1.807, 2.05) is 6.07 Å². The van der Waals surface area contributed by atoms with E-state index >= 15 is 0 Å². The Hall–Kier alpha value is -2.42. The van der Waals surface area contributed by atoms with Crippen LogP contribution in [0.15, 0.2) is 36.7 Å². The van der Waals surface area contributed by atoms with Crippen molar-refractivity contribution in [2.75, 3.05) is 0 Å². The van der Waals surface area contributed by atoms with Crippen molar-refractivity contribution in [2.45, 2.75) is 12.6 Å². The number of hydrogen-bond donors (Lipinski definition) is 0. The molecule has 0 amide bonds. The number of aromatic nitrogens is 2. The zero-order chi connectivity index (χ0) is 13.9. The van der Waals surface area contributed by atoms with Crippen LogP contribution in [0.1, 0.15) is 11.1 Å². The predicted octanol–water partition coefficient (Wildman–Crippen LogP) is 3.23. The van der Waals surface area contributed by atoms with E-state index in [2.05, 4.69) is 9.97 Å². The molecule has 19 heavy (non-hydrogen) atoms. The van der Waals surface area contributed by atoms with Gasteiger partial charge < -0.3 is 0 Å². The largest absolute Gasteiger partial charge is 0.417 e. The standard InChI is InChI=1S/C13H8F3N3/c14-13(15,16)11-4-2-1-3-10(11)12-18-7-9(5-6-17)8-19-12/h1-4,7-8H,5H2. The van der Waals surface area contributed by atoms with Crippen LogP contribution in [0.3, 0.4) is 0 Å². The molecule has 0 spiro atoms. The van der Waals surface area contributed by atoms with E-state index < -0.39 is 11.7 Å². The van der Waals surface area contributed by atoms with Gasteiger partial charge in [-0.2, -0.15) is 18.4 Å². The average Bonchev–Trinajstić information content (AvgIpc) is 2.39. The highest BCUT2D eigenvalue weighted by Gasteiger charge is 2.33. The predicted molar refractivity (Wildman–Crippen MR) is 61.8 cm³/mol. The molecule has 0 fully saturated rings. The molecule has 0 saturated carbocycles. The third kappa shape index (κ3) is 2.88. The highest BCUT2D eigenvalue weighted by atomic mass is 19.4. The molecule has 0 aliphatic carbocycles. The van der Waals surface area contributed by atoms with Crippen molar-refractivity contribution >= 4 is 0 Å². The number of alkyl halides is 3. The monoisotopic (exact) mass is 263 g/mol. The normalized spacial score (nSPS) is 11.1. The number of hydrogen-bond acceptors (Lipinski definition) is 3. The summed E-state index contributed by atoms with van der Waals surface area (Å²) >= 11 is 0. The maximum Gasteiger partial charge on any atom is 0.417 e. The molecule has 6 heteroatoms. The molecule has 0 bridgehead atoms. The van der Waals surface area contributed by atoms with E-state index in [1.165, 1.54) is 30.6 Å². The fraction of sp³-hybridized carbons (Fsp3) is 0.154. The van der Waals surface area contributed by atoms with Crippen molar-refractivity contribution in [3.8, 4) is 17.5 Å². The van der Waals surface area contributed by atoms with Crippen LogP contribution in [0, 0.1) is 11.3 Å². The third-order valence-corrected chi connectivity index (χ3v) is 2.46. The summed E-state index contributed by atoms with van der Waals surface area (Å²) in [6.45, 7) is 0. The summed E-state index contributed by atoms with van der Waals surface area (Å²) in [7, 11) is 0. The molecule has 0 N–H and O–H groups in total. The summed E-state index contributed by atoms with van der Waals surface area (Å²) in [4.78, 5) is 7.76. The van der Waals surface area contributed by atoms with E-state index in [1.54, 1.807) is 0 Å². The van der Waals surface area contributed by atoms with Crippen molar-refractivity contribution in [1.82, 2.24) is 9.97 Å². The summed E-state index contributed by atoms with van der Waals surface area (Å²) in [5, 5.41) is 8.50. The van der Waals surface area contributed by atoms with E-state index in [0.717, 1.165) is 6.07 Å². The molecule has 1 aromatic carbocycles. The number of halogens is 3. The van der Waals surface area contributed by atoms with Gasteiger partial charge >= 0.3 is 6.18 Å². The Morgan fingerprint density at radius 1 is 1.11 bits per heavy atom. The summed E-state index contributed by atoms with van der Waals surface area (Å²) in [5.74, 6) is -0.00499. The minimum atomic E-state index is -4.45. The fourth-order valence-electron chi connectivity index (χ4n) is 1.60. The molecular weight excluding hydrogens is 255 g/mol. The summed E-state index contributed by atoms with van der Waals surface area (Å²) < 4.78 is 38.5. The van der Waals surface area contributed by atoms with Gasteiger partial charge in [-0.15, -0.1) is 0 Å². The summed E-state index contributed by atoms with van der Waals surface area (Å²) in [6, 6.07) is 7.04. The number of nitriles is 1. The van der Waals surface area contributed by atoms with Gasteiger partial charge in [0, 0.05) is 23.5 Å². The van der Waals surface area contributed by atoms with Crippen molar-refractivity contribution in [3.05, 3.63) is 47.8 Å². The van der Waals surface area contributed by atoms with E-state index in [0.29, 0.717) is 5.56 Å². The Bertz CT molecular complexity index is 612. The first kappa shape index (κ1) is 13.0. The molecule has 0 aliphatic heterocycles. The highest BCUT2D eigenvalue weighted by molar-refractivity contribution is 5.60. The van der Waals surface area contributed by atoms with Crippen molar-refractivity contribution in [1.29, 1.82) is 5.26 Å². The van der Waals surface area contributed by atoms with Crippen molar-refractivity contribution in [3.63, 3.8) is 0 Å². The van der Waals surface area contributed by atoms with Gasteiger partial charge in [-0.05, 0) is 6.07 Å². The molecule has 2 rings (SSSR count). The molecule has 0 radical (unpaired) electrons. The fourth-order valence-corrected chi connectivity index (χ4v) is 1.60. The molecule has 2 aromatic rings. The first-order chi connectivity index (χ1) is 9.02. The molecule has 0 aliphatic rings. The molecule has 96 valence electrons. The lowest BCUT2D eigenvalue weighted by molar-refractivity contribution is -0.137. The SMILES string of the molecule is N#CCc1cnc(-c2ccccc2C(F)(F)F)nc1. The molecule has 0 unspecified atom stereocenters. The van der Waals surface area contributed by atoms with Gasteiger partial charge in [-0.25, -0.2) is 9.97 Å². The second-order valence-electron chi connectivity index (χ2n) is 3.79. The van der Waals surface area contributed by atoms with E-state index in [4.69, 9.17) is 5.26 Å². The Morgan fingerprint density at radius 2 is 1.74 bits per heavy atom. The van der Waals surface area contributed by atoms with Crippen LogP contribution < -0.4 is 0 Å². The van der Waals surface area contributed by atoms with Crippen LogP contribution in [-0.4, -0.2) is 9.97 Å². The molecule has 0 saturated heterocycles. The number of nitrogens with zero attached hydrogens (tertiary/aromatic N) is 3. The van der Waals surface area contributed by atoms with Gasteiger partial charge in [0.1, 0.15) is 0 Å². The molecule has 3 nitrogen and oxygen atoms in total. The van der Waals surface area contributed by atoms with Crippen molar-refractivity contribution < 1.29 is 13.2 Å². The lowest BCUT2D eigenvalue weighted by Gasteiger charge is -2.11. The second kappa shape index (κ2) is 5.06. The highest BCUT2D eigenvalue weighted by Crippen LogP contribution is 2.35. The zero-order valence-corrected chi connectivity index (χ0v) is 9.65. The van der Waals surface area contributed by atoms with E-state index in [9.17, 15) is 13.2 Å². The quantitative estimate of drug-likeness (QED) is 0.835. The lowest BCUT2D eigenvalue weighted by atomic mass is 10.1. The Labute approximate surface area is 107 Å². The number of rotatable bonds is 2. The average molecular weight is 263 g/mol. The second-order valence-corrected chi connectivity index (χ2v) is 3.79. The van der Waals surface area contributed by atoms with Gasteiger partial charge in [0.25, 0.3) is 0 Å². The van der Waals surface area contributed by atoms with Crippen molar-refractivity contribution in [2.24, 2.45) is 0 Å². The Balaban J connectivity index is 2.45. The topological polar surface area (TPSA) is 49.6 Å². The zero-order valence-electron chi connectivity index (χ0n) is 9.65. The Morgan fingerprint density at radius 3 is 2.32 bits per heavy atom. The van der Waals surface area contributed by atoms with Gasteiger partial charge in [0.05, 0.1) is 18.1 Å². The van der Waals surface area contributed by atoms with Crippen LogP contribution in [0.2, 0.25) is 0 Å². The molecule has 1 aromatic heterocycles. The minimum Gasteiger partial charge on any atom is -0.236 e. The molecular formula is C13H8F3N3. The molecule has 1 heterocycles. The Kier molecular flexibility index (Phi) is 3.47. The van der Waals surface area contributed by atoms with Gasteiger partial charge in [0.2, 0.25) is 0 Å². The van der Waals surface area contributed by atoms with Crippen LogP contribution in [-0.2, 0) is 12.6 Å². The van der Waals surface area contributed by atoms with Gasteiger partial charge in [0.15, 0.2) is 5.82 Å². The first-order valence-electron chi connectivity index (χ1n) is 5.37. The van der Waals surface area contributed by atoms with E-state index in [-0.39, 0.29) is 17.8 Å². The maximum atomic E-state index is 12.8. The minimum absolute atomic E-state index is 0.00499. The lowest BCUT2D eigenvalue weighted by Crippen LogP contribution is -2.08. The van der Waals surface area contributed by atoms with Gasteiger partial charge in [-0.1, -0.05) is 18.2 Å². The first-order valence-corrected chi connectivity index (χ1v) is 5.37. The maximum absolute atomic E-state index is 12.8. The summed E-state index contributed by atoms with van der Waals surface area (Å²) in [6.07, 6.45) is -1.61. The number of benzene rings is 1. The van der Waals surface area contributed by atoms with Crippen LogP contribution >= 0.6 is 0 Å². The third-order valence-electron chi connectivity index (χ3n) is 2.46. The van der Waals surface area contributed by atoms with Crippen LogP contribution in [0.5, 0.6) is 0 Å².